The van der Waals surface area contributed by atoms with Gasteiger partial charge in [0.05, 0.1) is 12.2 Å². The molecule has 0 aliphatic heterocycles. The maximum Gasteiger partial charge on any atom is 0.158 e. The van der Waals surface area contributed by atoms with Gasteiger partial charge in [0.2, 0.25) is 0 Å². The van der Waals surface area contributed by atoms with Gasteiger partial charge in [0.1, 0.15) is 17.6 Å². The van der Waals surface area contributed by atoms with Crippen LogP contribution in [0.15, 0.2) is 30.5 Å². The van der Waals surface area contributed by atoms with E-state index in [4.69, 9.17) is 16.3 Å². The monoisotopic (exact) mass is 278 g/mol. The van der Waals surface area contributed by atoms with Crippen molar-refractivity contribution in [1.29, 1.82) is 0 Å². The van der Waals surface area contributed by atoms with Gasteiger partial charge in [0.25, 0.3) is 0 Å². The number of ether oxygens (including phenoxy) is 1. The summed E-state index contributed by atoms with van der Waals surface area (Å²) in [6.07, 6.45) is 1.75. The molecule has 2 heterocycles. The molecule has 1 N–H and O–H groups in total. The fraction of sp³-hybridized carbons (Fsp3) is 0.308. The summed E-state index contributed by atoms with van der Waals surface area (Å²) in [5.41, 5.74) is 0.934. The van der Waals surface area contributed by atoms with Gasteiger partial charge in [0, 0.05) is 18.9 Å². The Labute approximate surface area is 117 Å². The molecule has 0 saturated heterocycles. The highest BCUT2D eigenvalue weighted by molar-refractivity contribution is 6.29. The summed E-state index contributed by atoms with van der Waals surface area (Å²) in [7, 11) is 0. The zero-order chi connectivity index (χ0) is 13.5. The Balaban J connectivity index is 2.01. The molecule has 6 heteroatoms. The topological polar surface area (TPSA) is 59.9 Å². The zero-order valence-electron chi connectivity index (χ0n) is 10.6. The number of nitrogens with one attached hydrogen (secondary N) is 1. The van der Waals surface area contributed by atoms with E-state index in [2.05, 4.69) is 20.3 Å². The lowest BCUT2D eigenvalue weighted by Crippen LogP contribution is -2.06. The number of rotatable bonds is 6. The van der Waals surface area contributed by atoms with Gasteiger partial charge in [-0.15, -0.1) is 0 Å². The SMILES string of the molecule is CCOCc1nc(Cl)cc(NCc2ccccn2)n1. The van der Waals surface area contributed by atoms with Crippen molar-refractivity contribution in [2.24, 2.45) is 0 Å². The molecule has 0 saturated carbocycles. The highest BCUT2D eigenvalue weighted by atomic mass is 35.5. The molecule has 19 heavy (non-hydrogen) atoms. The minimum absolute atomic E-state index is 0.356. The number of anilines is 1. The molecular formula is C13H15ClN4O. The van der Waals surface area contributed by atoms with E-state index >= 15 is 0 Å². The number of halogens is 1. The molecule has 0 unspecified atom stereocenters. The van der Waals surface area contributed by atoms with Crippen LogP contribution >= 0.6 is 11.6 Å². The van der Waals surface area contributed by atoms with Crippen molar-refractivity contribution < 1.29 is 4.74 Å². The van der Waals surface area contributed by atoms with Crippen LogP contribution in [0.25, 0.3) is 0 Å². The van der Waals surface area contributed by atoms with Crippen molar-refractivity contribution in [2.75, 3.05) is 11.9 Å². The van der Waals surface area contributed by atoms with Crippen molar-refractivity contribution in [3.63, 3.8) is 0 Å². The lowest BCUT2D eigenvalue weighted by atomic mass is 10.3. The molecular weight excluding hydrogens is 264 g/mol. The Bertz CT molecular complexity index is 521. The first-order chi connectivity index (χ1) is 9.28. The Kier molecular flexibility index (Phi) is 5.06. The first-order valence-corrected chi connectivity index (χ1v) is 6.40. The normalized spacial score (nSPS) is 10.4. The van der Waals surface area contributed by atoms with Crippen molar-refractivity contribution in [3.8, 4) is 0 Å². The average Bonchev–Trinajstić information content (AvgIpc) is 2.43. The molecule has 0 spiro atoms. The highest BCUT2D eigenvalue weighted by Gasteiger charge is 2.03. The van der Waals surface area contributed by atoms with E-state index < -0.39 is 0 Å². The minimum Gasteiger partial charge on any atom is -0.374 e. The summed E-state index contributed by atoms with van der Waals surface area (Å²) in [5.74, 6) is 1.23. The zero-order valence-corrected chi connectivity index (χ0v) is 11.4. The maximum absolute atomic E-state index is 5.95. The molecule has 2 rings (SSSR count). The van der Waals surface area contributed by atoms with Crippen molar-refractivity contribution in [2.45, 2.75) is 20.1 Å². The molecule has 5 nitrogen and oxygen atoms in total. The second kappa shape index (κ2) is 7.01. The van der Waals surface area contributed by atoms with Gasteiger partial charge in [-0.05, 0) is 19.1 Å². The summed E-state index contributed by atoms with van der Waals surface area (Å²) in [4.78, 5) is 12.7. The second-order valence-corrected chi connectivity index (χ2v) is 4.19. The molecule has 2 aromatic rings. The molecule has 0 amide bonds. The predicted octanol–water partition coefficient (Wildman–Crippen LogP) is 2.67. The van der Waals surface area contributed by atoms with Gasteiger partial charge in [-0.1, -0.05) is 17.7 Å². The average molecular weight is 279 g/mol. The summed E-state index contributed by atoms with van der Waals surface area (Å²) < 4.78 is 5.27. The summed E-state index contributed by atoms with van der Waals surface area (Å²) in [5, 5.41) is 3.56. The molecule has 0 aromatic carbocycles. The first-order valence-electron chi connectivity index (χ1n) is 6.03. The Morgan fingerprint density at radius 2 is 2.21 bits per heavy atom. The Morgan fingerprint density at radius 1 is 1.32 bits per heavy atom. The summed E-state index contributed by atoms with van der Waals surface area (Å²) >= 11 is 5.95. The molecule has 0 fully saturated rings. The molecule has 0 aliphatic rings. The van der Waals surface area contributed by atoms with Gasteiger partial charge < -0.3 is 10.1 Å². The molecule has 0 radical (unpaired) electrons. The number of hydrogen-bond acceptors (Lipinski definition) is 5. The van der Waals surface area contributed by atoms with Crippen molar-refractivity contribution in [1.82, 2.24) is 15.0 Å². The molecule has 0 aliphatic carbocycles. The number of pyridine rings is 1. The van der Waals surface area contributed by atoms with E-state index in [-0.39, 0.29) is 0 Å². The third kappa shape index (κ3) is 4.46. The lowest BCUT2D eigenvalue weighted by Gasteiger charge is -2.07. The van der Waals surface area contributed by atoms with Crippen LogP contribution in [-0.2, 0) is 17.9 Å². The van der Waals surface area contributed by atoms with Gasteiger partial charge >= 0.3 is 0 Å². The van der Waals surface area contributed by atoms with Gasteiger partial charge in [0.15, 0.2) is 5.82 Å². The second-order valence-electron chi connectivity index (χ2n) is 3.80. The van der Waals surface area contributed by atoms with E-state index in [1.165, 1.54) is 0 Å². The lowest BCUT2D eigenvalue weighted by molar-refractivity contribution is 0.128. The molecule has 100 valence electrons. The quantitative estimate of drug-likeness (QED) is 0.823. The van der Waals surface area contributed by atoms with Crippen LogP contribution < -0.4 is 5.32 Å². The first kappa shape index (κ1) is 13.7. The van der Waals surface area contributed by atoms with Crippen molar-refractivity contribution in [3.05, 3.63) is 47.1 Å². The van der Waals surface area contributed by atoms with Crippen LogP contribution in [0.4, 0.5) is 5.82 Å². The van der Waals surface area contributed by atoms with Gasteiger partial charge in [-0.3, -0.25) is 4.98 Å². The van der Waals surface area contributed by atoms with Gasteiger partial charge in [-0.25, -0.2) is 9.97 Å². The van der Waals surface area contributed by atoms with E-state index in [9.17, 15) is 0 Å². The van der Waals surface area contributed by atoms with Crippen LogP contribution in [0.1, 0.15) is 18.4 Å². The van der Waals surface area contributed by atoms with E-state index in [1.54, 1.807) is 12.3 Å². The number of aromatic nitrogens is 3. The van der Waals surface area contributed by atoms with Gasteiger partial charge in [-0.2, -0.15) is 0 Å². The third-order valence-electron chi connectivity index (χ3n) is 2.35. The van der Waals surface area contributed by atoms with E-state index in [0.29, 0.717) is 36.6 Å². The van der Waals surface area contributed by atoms with Crippen LogP contribution in [-0.4, -0.2) is 21.6 Å². The minimum atomic E-state index is 0.356. The van der Waals surface area contributed by atoms with Crippen molar-refractivity contribution >= 4 is 17.4 Å². The predicted molar refractivity (Wildman–Crippen MR) is 73.9 cm³/mol. The highest BCUT2D eigenvalue weighted by Crippen LogP contribution is 2.13. The number of nitrogens with zero attached hydrogens (tertiary/aromatic N) is 3. The Hall–Kier alpha value is -1.72. The fourth-order valence-electron chi connectivity index (χ4n) is 1.50. The van der Waals surface area contributed by atoms with Crippen LogP contribution in [0.2, 0.25) is 5.15 Å². The molecule has 0 bridgehead atoms. The number of hydrogen-bond donors (Lipinski definition) is 1. The maximum atomic E-state index is 5.95. The van der Waals surface area contributed by atoms with E-state index in [0.717, 1.165) is 5.69 Å². The molecule has 0 atom stereocenters. The van der Waals surface area contributed by atoms with Crippen LogP contribution in [0.5, 0.6) is 0 Å². The smallest absolute Gasteiger partial charge is 0.158 e. The largest absolute Gasteiger partial charge is 0.374 e. The summed E-state index contributed by atoms with van der Waals surface area (Å²) in [6, 6.07) is 7.44. The van der Waals surface area contributed by atoms with Crippen LogP contribution in [0.3, 0.4) is 0 Å². The molecule has 2 aromatic heterocycles. The Morgan fingerprint density at radius 3 is 2.95 bits per heavy atom. The standard InChI is InChI=1S/C13H15ClN4O/c1-2-19-9-13-17-11(14)7-12(18-13)16-8-10-5-3-4-6-15-10/h3-7H,2,8-9H2,1H3,(H,16,17,18). The van der Waals surface area contributed by atoms with Crippen LogP contribution in [0, 0.1) is 0 Å². The third-order valence-corrected chi connectivity index (χ3v) is 2.55. The summed E-state index contributed by atoms with van der Waals surface area (Å²) in [6.45, 7) is 3.48. The van der Waals surface area contributed by atoms with E-state index in [1.807, 2.05) is 25.1 Å². The fourth-order valence-corrected chi connectivity index (χ4v) is 1.70.